The van der Waals surface area contributed by atoms with Gasteiger partial charge in [-0.2, -0.15) is 0 Å². The molecule has 2 saturated heterocycles. The van der Waals surface area contributed by atoms with E-state index in [4.69, 9.17) is 23.9 Å². The smallest absolute Gasteiger partial charge is 0.222 e. The van der Waals surface area contributed by atoms with Gasteiger partial charge in [-0.05, 0) is 6.07 Å². The van der Waals surface area contributed by atoms with Crippen molar-refractivity contribution in [1.82, 2.24) is 14.5 Å². The maximum absolute atomic E-state index is 11.6. The minimum atomic E-state index is -0.610. The summed E-state index contributed by atoms with van der Waals surface area (Å²) < 4.78 is 25.0. The number of hydrogen-bond acceptors (Lipinski definition) is 7. The number of fused-ring (bicyclic) bond motifs is 1. The van der Waals surface area contributed by atoms with Crippen molar-refractivity contribution >= 4 is 22.6 Å². The summed E-state index contributed by atoms with van der Waals surface area (Å²) in [5.74, 6) is 1.47. The zero-order chi connectivity index (χ0) is 23.0. The van der Waals surface area contributed by atoms with E-state index < -0.39 is 5.60 Å². The van der Waals surface area contributed by atoms with Crippen LogP contribution in [0.4, 0.5) is 5.82 Å². The molecule has 0 saturated carbocycles. The van der Waals surface area contributed by atoms with E-state index in [2.05, 4.69) is 10.3 Å². The first-order valence-corrected chi connectivity index (χ1v) is 11.1. The normalized spacial score (nSPS) is 20.7. The molecular weight excluding hydrogens is 424 g/mol. The largest absolute Gasteiger partial charge is 0.493 e. The van der Waals surface area contributed by atoms with Gasteiger partial charge < -0.3 is 28.8 Å². The number of nitrogens with one attached hydrogen (secondary N) is 1. The van der Waals surface area contributed by atoms with Crippen LogP contribution in [0.25, 0.3) is 22.2 Å². The fraction of sp³-hybridized carbons (Fsp3) is 0.458. The molecule has 3 aromatic heterocycles. The second-order valence-corrected chi connectivity index (χ2v) is 8.71. The van der Waals surface area contributed by atoms with Gasteiger partial charge in [0, 0.05) is 69.3 Å². The lowest BCUT2D eigenvalue weighted by molar-refractivity contribution is -0.114. The lowest BCUT2D eigenvalue weighted by atomic mass is 9.96. The van der Waals surface area contributed by atoms with Crippen molar-refractivity contribution in [2.24, 2.45) is 13.0 Å². The van der Waals surface area contributed by atoms with Crippen LogP contribution in [0.15, 0.2) is 30.6 Å². The molecule has 9 nitrogen and oxygen atoms in total. The van der Waals surface area contributed by atoms with Crippen molar-refractivity contribution < 1.29 is 23.7 Å². The monoisotopic (exact) mass is 452 g/mol. The summed E-state index contributed by atoms with van der Waals surface area (Å²) in [7, 11) is 3.66. The number of aryl methyl sites for hydroxylation is 1. The van der Waals surface area contributed by atoms with Crippen molar-refractivity contribution in [3.8, 4) is 17.0 Å². The topological polar surface area (TPSA) is 96.7 Å². The van der Waals surface area contributed by atoms with Gasteiger partial charge in [-0.25, -0.2) is 9.97 Å². The van der Waals surface area contributed by atoms with Crippen LogP contribution < -0.4 is 10.1 Å². The van der Waals surface area contributed by atoms with Gasteiger partial charge in [0.25, 0.3) is 0 Å². The minimum Gasteiger partial charge on any atom is -0.493 e. The molecule has 5 rings (SSSR count). The Labute approximate surface area is 192 Å². The summed E-state index contributed by atoms with van der Waals surface area (Å²) in [6.45, 7) is 4.57. The van der Waals surface area contributed by atoms with E-state index in [-0.39, 0.29) is 5.91 Å². The molecule has 174 valence electrons. The molecule has 2 fully saturated rings. The number of hydrogen-bond donors (Lipinski definition) is 1. The molecule has 33 heavy (non-hydrogen) atoms. The number of anilines is 1. The van der Waals surface area contributed by atoms with Gasteiger partial charge in [0.1, 0.15) is 17.2 Å². The molecule has 5 heterocycles. The van der Waals surface area contributed by atoms with Gasteiger partial charge in [0.2, 0.25) is 5.91 Å². The number of nitrogens with zero attached hydrogens (tertiary/aromatic N) is 3. The number of aromatic nitrogens is 3. The predicted molar refractivity (Wildman–Crippen MR) is 122 cm³/mol. The molecule has 1 N–H and O–H groups in total. The van der Waals surface area contributed by atoms with Crippen LogP contribution in [0, 0.1) is 5.92 Å². The third kappa shape index (κ3) is 4.19. The molecule has 2 aliphatic heterocycles. The van der Waals surface area contributed by atoms with E-state index in [0.717, 1.165) is 53.2 Å². The lowest BCUT2D eigenvalue weighted by Crippen LogP contribution is -2.33. The van der Waals surface area contributed by atoms with Crippen molar-refractivity contribution in [3.63, 3.8) is 0 Å². The molecule has 0 aromatic carbocycles. The van der Waals surface area contributed by atoms with Crippen molar-refractivity contribution in [1.29, 1.82) is 0 Å². The quantitative estimate of drug-likeness (QED) is 0.589. The van der Waals surface area contributed by atoms with Crippen molar-refractivity contribution in [3.05, 3.63) is 36.3 Å². The average Bonchev–Trinajstić information content (AvgIpc) is 3.38. The Bertz CT molecular complexity index is 1180. The van der Waals surface area contributed by atoms with Crippen LogP contribution in [0.5, 0.6) is 5.75 Å². The molecular formula is C24H28N4O5. The third-order valence-electron chi connectivity index (χ3n) is 6.29. The second kappa shape index (κ2) is 8.74. The number of amides is 1. The third-order valence-corrected chi connectivity index (χ3v) is 6.29. The Hall–Kier alpha value is -3.01. The molecule has 1 atom stereocenters. The molecule has 0 aliphatic carbocycles. The summed E-state index contributed by atoms with van der Waals surface area (Å²) in [5, 5.41) is 3.70. The van der Waals surface area contributed by atoms with Crippen LogP contribution in [-0.4, -0.2) is 60.6 Å². The Morgan fingerprint density at radius 1 is 1.30 bits per heavy atom. The van der Waals surface area contributed by atoms with Crippen molar-refractivity contribution in [2.75, 3.05) is 45.5 Å². The summed E-state index contributed by atoms with van der Waals surface area (Å²) >= 11 is 0. The molecule has 0 radical (unpaired) electrons. The molecule has 9 heteroatoms. The highest BCUT2D eigenvalue weighted by Gasteiger charge is 2.39. The highest BCUT2D eigenvalue weighted by Crippen LogP contribution is 2.38. The fourth-order valence-corrected chi connectivity index (χ4v) is 4.30. The number of ether oxygens (including phenoxy) is 4. The molecule has 2 aliphatic rings. The fourth-order valence-electron chi connectivity index (χ4n) is 4.30. The first-order valence-electron chi connectivity index (χ1n) is 11.1. The standard InChI is InChI=1S/C24H28N4O5/c1-15(29)26-23-8-18-19(10-28(2)21(18)9-25-23)20-6-17(33-13-16-11-32-12-16)7-22(27-20)24(30-3)4-5-31-14-24/h6-10,16H,4-5,11-14H2,1-3H3,(H,25,26,29). The zero-order valence-corrected chi connectivity index (χ0v) is 19.1. The van der Waals surface area contributed by atoms with Gasteiger partial charge >= 0.3 is 0 Å². The predicted octanol–water partition coefficient (Wildman–Crippen LogP) is 2.88. The van der Waals surface area contributed by atoms with Gasteiger partial charge in [0.05, 0.1) is 49.5 Å². The van der Waals surface area contributed by atoms with Gasteiger partial charge in [0.15, 0.2) is 0 Å². The number of pyridine rings is 2. The summed E-state index contributed by atoms with van der Waals surface area (Å²) in [4.78, 5) is 20.9. The van der Waals surface area contributed by atoms with Crippen LogP contribution in [0.2, 0.25) is 0 Å². The van der Waals surface area contributed by atoms with Crippen LogP contribution >= 0.6 is 0 Å². The Kier molecular flexibility index (Phi) is 5.77. The maximum Gasteiger partial charge on any atom is 0.222 e. The highest BCUT2D eigenvalue weighted by molar-refractivity contribution is 5.98. The Balaban J connectivity index is 1.60. The van der Waals surface area contributed by atoms with Crippen molar-refractivity contribution in [2.45, 2.75) is 18.9 Å². The van der Waals surface area contributed by atoms with E-state index >= 15 is 0 Å². The molecule has 0 bridgehead atoms. The Morgan fingerprint density at radius 2 is 2.15 bits per heavy atom. The summed E-state index contributed by atoms with van der Waals surface area (Å²) in [6, 6.07) is 5.78. The van der Waals surface area contributed by atoms with E-state index in [1.165, 1.54) is 6.92 Å². The number of methoxy groups -OCH3 is 1. The average molecular weight is 453 g/mol. The molecule has 1 unspecified atom stereocenters. The SMILES string of the molecule is COC1(c2cc(OCC3COC3)cc(-c3cn(C)c4cnc(NC(C)=O)cc34)n2)CCOC1. The van der Waals surface area contributed by atoms with Gasteiger partial charge in [-0.1, -0.05) is 0 Å². The first-order chi connectivity index (χ1) is 16.0. The van der Waals surface area contributed by atoms with Crippen LogP contribution in [0.1, 0.15) is 19.0 Å². The molecule has 3 aromatic rings. The van der Waals surface area contributed by atoms with E-state index in [1.807, 2.05) is 36.0 Å². The number of rotatable bonds is 7. The zero-order valence-electron chi connectivity index (χ0n) is 19.1. The number of carbonyl (C=O) groups excluding carboxylic acids is 1. The maximum atomic E-state index is 11.6. The molecule has 1 amide bonds. The van der Waals surface area contributed by atoms with Crippen LogP contribution in [-0.2, 0) is 31.7 Å². The van der Waals surface area contributed by atoms with E-state index in [9.17, 15) is 4.79 Å². The summed E-state index contributed by atoms with van der Waals surface area (Å²) in [6.07, 6.45) is 4.50. The van der Waals surface area contributed by atoms with Crippen LogP contribution in [0.3, 0.4) is 0 Å². The number of carbonyl (C=O) groups is 1. The first kappa shape index (κ1) is 21.8. The summed E-state index contributed by atoms with van der Waals surface area (Å²) in [5.41, 5.74) is 2.80. The van der Waals surface area contributed by atoms with E-state index in [0.29, 0.717) is 31.6 Å². The molecule has 0 spiro atoms. The second-order valence-electron chi connectivity index (χ2n) is 8.71. The van der Waals surface area contributed by atoms with E-state index in [1.54, 1.807) is 13.3 Å². The Morgan fingerprint density at radius 3 is 2.82 bits per heavy atom. The lowest BCUT2D eigenvalue weighted by Gasteiger charge is -2.28. The minimum absolute atomic E-state index is 0.168. The highest BCUT2D eigenvalue weighted by atomic mass is 16.5. The van der Waals surface area contributed by atoms with Gasteiger partial charge in [-0.3, -0.25) is 4.79 Å². The van der Waals surface area contributed by atoms with Gasteiger partial charge in [-0.15, -0.1) is 0 Å².